The Balaban J connectivity index is 2.97. The summed E-state index contributed by atoms with van der Waals surface area (Å²) in [6.07, 6.45) is 0. The Bertz CT molecular complexity index is 378. The Morgan fingerprint density at radius 2 is 1.93 bits per heavy atom. The van der Waals surface area contributed by atoms with Crippen molar-refractivity contribution in [3.05, 3.63) is 33.8 Å². The fourth-order valence-electron chi connectivity index (χ4n) is 1.16. The molecule has 0 unspecified atom stereocenters. The lowest BCUT2D eigenvalue weighted by molar-refractivity contribution is 0.00687. The standard InChI is InChI=1S/C12H15BrO2/c1-8-9(6-5-7-10(8)13)11(14)15-12(2,3)4/h5-7H,1-4H3. The molecule has 0 spiro atoms. The van der Waals surface area contributed by atoms with E-state index in [1.807, 2.05) is 39.8 Å². The van der Waals surface area contributed by atoms with Crippen LogP contribution in [0.4, 0.5) is 0 Å². The third kappa shape index (κ3) is 3.34. The van der Waals surface area contributed by atoms with Crippen molar-refractivity contribution in [1.82, 2.24) is 0 Å². The lowest BCUT2D eigenvalue weighted by Gasteiger charge is -2.20. The van der Waals surface area contributed by atoms with Gasteiger partial charge in [-0.05, 0) is 45.4 Å². The summed E-state index contributed by atoms with van der Waals surface area (Å²) < 4.78 is 6.22. The van der Waals surface area contributed by atoms with Crippen LogP contribution in [-0.4, -0.2) is 11.6 Å². The summed E-state index contributed by atoms with van der Waals surface area (Å²) in [5, 5.41) is 0. The van der Waals surface area contributed by atoms with Crippen LogP contribution >= 0.6 is 15.9 Å². The minimum absolute atomic E-state index is 0.277. The summed E-state index contributed by atoms with van der Waals surface area (Å²) in [5.41, 5.74) is 1.07. The predicted molar refractivity (Wildman–Crippen MR) is 64.0 cm³/mol. The highest BCUT2D eigenvalue weighted by atomic mass is 79.9. The lowest BCUT2D eigenvalue weighted by Crippen LogP contribution is -2.24. The largest absolute Gasteiger partial charge is 0.456 e. The molecule has 1 aromatic rings. The molecule has 0 heterocycles. The Morgan fingerprint density at radius 3 is 2.47 bits per heavy atom. The van der Waals surface area contributed by atoms with Crippen LogP contribution in [0.25, 0.3) is 0 Å². The molecule has 0 aliphatic carbocycles. The van der Waals surface area contributed by atoms with E-state index in [2.05, 4.69) is 15.9 Å². The van der Waals surface area contributed by atoms with Gasteiger partial charge in [0.05, 0.1) is 5.56 Å². The number of ether oxygens (including phenoxy) is 1. The van der Waals surface area contributed by atoms with Crippen molar-refractivity contribution >= 4 is 21.9 Å². The summed E-state index contributed by atoms with van der Waals surface area (Å²) in [6.45, 7) is 7.47. The SMILES string of the molecule is Cc1c(Br)cccc1C(=O)OC(C)(C)C. The average molecular weight is 271 g/mol. The topological polar surface area (TPSA) is 26.3 Å². The normalized spacial score (nSPS) is 11.3. The molecule has 0 atom stereocenters. The van der Waals surface area contributed by atoms with Crippen LogP contribution in [0, 0.1) is 6.92 Å². The van der Waals surface area contributed by atoms with Crippen molar-refractivity contribution in [2.24, 2.45) is 0 Å². The predicted octanol–water partition coefficient (Wildman–Crippen LogP) is 3.71. The first-order chi connectivity index (χ1) is 6.81. The molecule has 15 heavy (non-hydrogen) atoms. The van der Waals surface area contributed by atoms with Gasteiger partial charge in [-0.1, -0.05) is 22.0 Å². The van der Waals surface area contributed by atoms with Crippen molar-refractivity contribution in [2.75, 3.05) is 0 Å². The third-order valence-electron chi connectivity index (χ3n) is 1.89. The van der Waals surface area contributed by atoms with Crippen molar-refractivity contribution in [3.63, 3.8) is 0 Å². The number of carbonyl (C=O) groups excluding carboxylic acids is 1. The van der Waals surface area contributed by atoms with Crippen molar-refractivity contribution in [1.29, 1.82) is 0 Å². The van der Waals surface area contributed by atoms with E-state index >= 15 is 0 Å². The maximum Gasteiger partial charge on any atom is 0.338 e. The van der Waals surface area contributed by atoms with Crippen LogP contribution < -0.4 is 0 Å². The first kappa shape index (κ1) is 12.2. The Kier molecular flexibility index (Phi) is 3.55. The second kappa shape index (κ2) is 4.35. The number of rotatable bonds is 1. The summed E-state index contributed by atoms with van der Waals surface area (Å²) in [7, 11) is 0. The molecular formula is C12H15BrO2. The highest BCUT2D eigenvalue weighted by Gasteiger charge is 2.19. The minimum Gasteiger partial charge on any atom is -0.456 e. The molecule has 0 aromatic heterocycles. The third-order valence-corrected chi connectivity index (χ3v) is 2.75. The molecule has 2 nitrogen and oxygen atoms in total. The van der Waals surface area contributed by atoms with Gasteiger partial charge < -0.3 is 4.74 Å². The zero-order chi connectivity index (χ0) is 11.6. The summed E-state index contributed by atoms with van der Waals surface area (Å²) >= 11 is 3.39. The second-order valence-electron chi connectivity index (χ2n) is 4.41. The number of benzene rings is 1. The second-order valence-corrected chi connectivity index (χ2v) is 5.27. The molecule has 0 saturated heterocycles. The van der Waals surface area contributed by atoms with Crippen molar-refractivity contribution < 1.29 is 9.53 Å². The van der Waals surface area contributed by atoms with E-state index < -0.39 is 5.60 Å². The number of hydrogen-bond acceptors (Lipinski definition) is 2. The van der Waals surface area contributed by atoms with E-state index in [0.717, 1.165) is 10.0 Å². The lowest BCUT2D eigenvalue weighted by atomic mass is 10.1. The summed E-state index contributed by atoms with van der Waals surface area (Å²) in [5.74, 6) is -0.277. The van der Waals surface area contributed by atoms with Gasteiger partial charge in [-0.25, -0.2) is 4.79 Å². The van der Waals surface area contributed by atoms with Crippen LogP contribution in [-0.2, 0) is 4.74 Å². The van der Waals surface area contributed by atoms with Crippen molar-refractivity contribution in [2.45, 2.75) is 33.3 Å². The quantitative estimate of drug-likeness (QED) is 0.728. The zero-order valence-electron chi connectivity index (χ0n) is 9.43. The van der Waals surface area contributed by atoms with E-state index in [9.17, 15) is 4.79 Å². The fourth-order valence-corrected chi connectivity index (χ4v) is 1.53. The van der Waals surface area contributed by atoms with Crippen LogP contribution in [0.15, 0.2) is 22.7 Å². The fraction of sp³-hybridized carbons (Fsp3) is 0.417. The molecular weight excluding hydrogens is 256 g/mol. The minimum atomic E-state index is -0.453. The Hall–Kier alpha value is -0.830. The van der Waals surface area contributed by atoms with Gasteiger partial charge in [0.25, 0.3) is 0 Å². The molecule has 0 aliphatic heterocycles. The molecule has 0 radical (unpaired) electrons. The number of hydrogen-bond donors (Lipinski definition) is 0. The molecule has 0 bridgehead atoms. The van der Waals surface area contributed by atoms with E-state index in [4.69, 9.17) is 4.74 Å². The van der Waals surface area contributed by atoms with Gasteiger partial charge in [-0.15, -0.1) is 0 Å². The number of carbonyl (C=O) groups is 1. The van der Waals surface area contributed by atoms with Gasteiger partial charge >= 0.3 is 5.97 Å². The van der Waals surface area contributed by atoms with E-state index in [1.165, 1.54) is 0 Å². The Labute approximate surface area is 98.8 Å². The smallest absolute Gasteiger partial charge is 0.338 e. The van der Waals surface area contributed by atoms with Crippen LogP contribution in [0.1, 0.15) is 36.7 Å². The first-order valence-corrected chi connectivity index (χ1v) is 5.59. The van der Waals surface area contributed by atoms with Gasteiger partial charge in [0.1, 0.15) is 5.60 Å². The van der Waals surface area contributed by atoms with Gasteiger partial charge in [-0.3, -0.25) is 0 Å². The van der Waals surface area contributed by atoms with Gasteiger partial charge in [-0.2, -0.15) is 0 Å². The average Bonchev–Trinajstić information content (AvgIpc) is 2.06. The molecule has 1 rings (SSSR count). The summed E-state index contributed by atoms with van der Waals surface area (Å²) in [6, 6.07) is 5.51. The van der Waals surface area contributed by atoms with Crippen LogP contribution in [0.3, 0.4) is 0 Å². The number of halogens is 1. The Morgan fingerprint density at radius 1 is 1.33 bits per heavy atom. The van der Waals surface area contributed by atoms with Crippen molar-refractivity contribution in [3.8, 4) is 0 Å². The molecule has 1 aromatic carbocycles. The monoisotopic (exact) mass is 270 g/mol. The molecule has 3 heteroatoms. The molecule has 0 aliphatic rings. The molecule has 82 valence electrons. The van der Waals surface area contributed by atoms with Gasteiger partial charge in [0.2, 0.25) is 0 Å². The number of esters is 1. The van der Waals surface area contributed by atoms with Gasteiger partial charge in [0, 0.05) is 4.47 Å². The molecule has 0 fully saturated rings. The van der Waals surface area contributed by atoms with E-state index in [1.54, 1.807) is 6.07 Å². The van der Waals surface area contributed by atoms with E-state index in [-0.39, 0.29) is 5.97 Å². The first-order valence-electron chi connectivity index (χ1n) is 4.80. The van der Waals surface area contributed by atoms with Crippen LogP contribution in [0.5, 0.6) is 0 Å². The maximum atomic E-state index is 11.8. The highest BCUT2D eigenvalue weighted by Crippen LogP contribution is 2.21. The van der Waals surface area contributed by atoms with Gasteiger partial charge in [0.15, 0.2) is 0 Å². The highest BCUT2D eigenvalue weighted by molar-refractivity contribution is 9.10. The molecule has 0 saturated carbocycles. The maximum absolute atomic E-state index is 11.8. The molecule has 0 amide bonds. The zero-order valence-corrected chi connectivity index (χ0v) is 11.0. The van der Waals surface area contributed by atoms with Crippen LogP contribution in [0.2, 0.25) is 0 Å². The van der Waals surface area contributed by atoms with E-state index in [0.29, 0.717) is 5.56 Å². The molecule has 0 N–H and O–H groups in total. The summed E-state index contributed by atoms with van der Waals surface area (Å²) in [4.78, 5) is 11.8.